The minimum atomic E-state index is 0.266. The lowest BCUT2D eigenvalue weighted by molar-refractivity contribution is 0.599. The van der Waals surface area contributed by atoms with Crippen molar-refractivity contribution >= 4 is 38.6 Å². The second-order valence-corrected chi connectivity index (χ2v) is 8.77. The highest BCUT2D eigenvalue weighted by Gasteiger charge is 2.23. The van der Waals surface area contributed by atoms with Crippen molar-refractivity contribution in [1.82, 2.24) is 10.3 Å². The van der Waals surface area contributed by atoms with Crippen molar-refractivity contribution < 1.29 is 0 Å². The first-order valence-corrected chi connectivity index (χ1v) is 9.67. The van der Waals surface area contributed by atoms with Crippen LogP contribution in [-0.2, 0) is 12.8 Å². The molecule has 1 N–H and O–H groups in total. The van der Waals surface area contributed by atoms with Gasteiger partial charge in [0, 0.05) is 9.75 Å². The average Bonchev–Trinajstić information content (AvgIpc) is 3.05. The third kappa shape index (κ3) is 3.16. The van der Waals surface area contributed by atoms with E-state index in [9.17, 15) is 0 Å². The molecule has 0 radical (unpaired) electrons. The van der Waals surface area contributed by atoms with Crippen LogP contribution < -0.4 is 5.32 Å². The number of hydrogen-bond donors (Lipinski definition) is 1. The zero-order chi connectivity index (χ0) is 13.9. The molecule has 1 aliphatic rings. The van der Waals surface area contributed by atoms with Crippen LogP contribution in [0.4, 0.5) is 0 Å². The Bertz CT molecular complexity index is 553. The maximum Gasteiger partial charge on any atom is 0.115 e. The van der Waals surface area contributed by atoms with E-state index in [4.69, 9.17) is 4.98 Å². The Balaban J connectivity index is 1.90. The molecule has 1 unspecified atom stereocenters. The molecule has 2 nitrogen and oxygen atoms in total. The second-order valence-electron chi connectivity index (χ2n) is 5.16. The fourth-order valence-electron chi connectivity index (χ4n) is 2.58. The molecular weight excluding hydrogens is 352 g/mol. The van der Waals surface area contributed by atoms with Gasteiger partial charge in [-0.1, -0.05) is 6.92 Å². The molecule has 0 fully saturated rings. The molecule has 0 saturated heterocycles. The van der Waals surface area contributed by atoms with E-state index in [0.29, 0.717) is 0 Å². The van der Waals surface area contributed by atoms with Crippen LogP contribution in [0.1, 0.15) is 52.7 Å². The number of nitrogens with zero attached hydrogens (tertiary/aromatic N) is 1. The summed E-state index contributed by atoms with van der Waals surface area (Å²) >= 11 is 7.30. The molecule has 2 heterocycles. The summed E-state index contributed by atoms with van der Waals surface area (Å²) in [5.41, 5.74) is 1.36. The van der Waals surface area contributed by atoms with Gasteiger partial charge in [0.1, 0.15) is 5.01 Å². The molecule has 20 heavy (non-hydrogen) atoms. The SMILES string of the molecule is CCCNC(c1ccc(Br)s1)c1nc2c(s1)CCCC2. The Morgan fingerprint density at radius 3 is 2.85 bits per heavy atom. The Kier molecular flexibility index (Phi) is 4.91. The molecule has 0 aliphatic heterocycles. The number of rotatable bonds is 5. The largest absolute Gasteiger partial charge is 0.304 e. The Morgan fingerprint density at radius 2 is 2.15 bits per heavy atom. The first-order chi connectivity index (χ1) is 9.78. The van der Waals surface area contributed by atoms with Crippen molar-refractivity contribution in [3.63, 3.8) is 0 Å². The Morgan fingerprint density at radius 1 is 1.30 bits per heavy atom. The quantitative estimate of drug-likeness (QED) is 0.806. The highest BCUT2D eigenvalue weighted by Crippen LogP contribution is 2.36. The lowest BCUT2D eigenvalue weighted by Crippen LogP contribution is -2.22. The number of hydrogen-bond acceptors (Lipinski definition) is 4. The van der Waals surface area contributed by atoms with Gasteiger partial charge in [0.05, 0.1) is 15.5 Å². The smallest absolute Gasteiger partial charge is 0.115 e. The molecule has 1 atom stereocenters. The van der Waals surface area contributed by atoms with Gasteiger partial charge in [-0.25, -0.2) is 4.98 Å². The molecule has 0 amide bonds. The van der Waals surface area contributed by atoms with Crippen molar-refractivity contribution in [3.05, 3.63) is 36.4 Å². The van der Waals surface area contributed by atoms with E-state index in [-0.39, 0.29) is 6.04 Å². The molecule has 1 aliphatic carbocycles. The van der Waals surface area contributed by atoms with Crippen LogP contribution in [-0.4, -0.2) is 11.5 Å². The maximum atomic E-state index is 4.94. The highest BCUT2D eigenvalue weighted by atomic mass is 79.9. The zero-order valence-electron chi connectivity index (χ0n) is 11.6. The lowest BCUT2D eigenvalue weighted by atomic mass is 10.0. The third-order valence-corrected chi connectivity index (χ3v) is 6.50. The van der Waals surface area contributed by atoms with Gasteiger partial charge in [-0.2, -0.15) is 0 Å². The molecule has 0 saturated carbocycles. The molecule has 0 spiro atoms. The number of aryl methyl sites for hydroxylation is 2. The van der Waals surface area contributed by atoms with E-state index < -0.39 is 0 Å². The van der Waals surface area contributed by atoms with Gasteiger partial charge in [-0.05, 0) is 66.7 Å². The summed E-state index contributed by atoms with van der Waals surface area (Å²) in [6, 6.07) is 4.61. The van der Waals surface area contributed by atoms with Crippen molar-refractivity contribution in [2.75, 3.05) is 6.54 Å². The number of fused-ring (bicyclic) bond motifs is 1. The van der Waals surface area contributed by atoms with Gasteiger partial charge in [0.2, 0.25) is 0 Å². The lowest BCUT2D eigenvalue weighted by Gasteiger charge is -2.14. The molecule has 0 bridgehead atoms. The standard InChI is InChI=1S/C15H19BrN2S2/c1-2-9-17-14(12-7-8-13(16)19-12)15-18-10-5-3-4-6-11(10)20-15/h7-8,14,17H,2-6,9H2,1H3. The predicted molar refractivity (Wildman–Crippen MR) is 90.9 cm³/mol. The zero-order valence-corrected chi connectivity index (χ0v) is 14.8. The van der Waals surface area contributed by atoms with Crippen LogP contribution in [0.15, 0.2) is 15.9 Å². The first-order valence-electron chi connectivity index (χ1n) is 7.25. The van der Waals surface area contributed by atoms with E-state index >= 15 is 0 Å². The van der Waals surface area contributed by atoms with E-state index in [1.165, 1.54) is 49.9 Å². The van der Waals surface area contributed by atoms with Crippen molar-refractivity contribution in [2.24, 2.45) is 0 Å². The first kappa shape index (κ1) is 14.7. The van der Waals surface area contributed by atoms with E-state index in [1.807, 2.05) is 22.7 Å². The van der Waals surface area contributed by atoms with Gasteiger partial charge in [0.15, 0.2) is 0 Å². The molecule has 3 rings (SSSR count). The van der Waals surface area contributed by atoms with E-state index in [1.54, 1.807) is 0 Å². The summed E-state index contributed by atoms with van der Waals surface area (Å²) in [7, 11) is 0. The number of halogens is 1. The van der Waals surface area contributed by atoms with Crippen LogP contribution in [0.25, 0.3) is 0 Å². The summed E-state index contributed by atoms with van der Waals surface area (Å²) < 4.78 is 1.19. The van der Waals surface area contributed by atoms with Crippen molar-refractivity contribution in [2.45, 2.75) is 45.1 Å². The fourth-order valence-corrected chi connectivity index (χ4v) is 5.40. The molecule has 2 aromatic heterocycles. The van der Waals surface area contributed by atoms with Crippen LogP contribution in [0, 0.1) is 0 Å². The average molecular weight is 371 g/mol. The maximum absolute atomic E-state index is 4.94. The van der Waals surface area contributed by atoms with E-state index in [2.05, 4.69) is 40.3 Å². The minimum Gasteiger partial charge on any atom is -0.304 e. The predicted octanol–water partition coefficient (Wildman–Crippen LogP) is 4.93. The number of thiophene rings is 1. The summed E-state index contributed by atoms with van der Waals surface area (Å²) in [6.07, 6.45) is 6.16. The summed E-state index contributed by atoms with van der Waals surface area (Å²) in [4.78, 5) is 7.81. The minimum absolute atomic E-state index is 0.266. The molecule has 108 valence electrons. The van der Waals surface area contributed by atoms with Crippen LogP contribution in [0.5, 0.6) is 0 Å². The van der Waals surface area contributed by atoms with Crippen LogP contribution in [0.2, 0.25) is 0 Å². The molecule has 5 heteroatoms. The summed E-state index contributed by atoms with van der Waals surface area (Å²) in [5.74, 6) is 0. The van der Waals surface area contributed by atoms with Gasteiger partial charge in [0.25, 0.3) is 0 Å². The monoisotopic (exact) mass is 370 g/mol. The van der Waals surface area contributed by atoms with Crippen molar-refractivity contribution in [1.29, 1.82) is 0 Å². The summed E-state index contributed by atoms with van der Waals surface area (Å²) in [6.45, 7) is 3.24. The second kappa shape index (κ2) is 6.69. The third-order valence-electron chi connectivity index (χ3n) is 3.59. The highest BCUT2D eigenvalue weighted by molar-refractivity contribution is 9.11. The fraction of sp³-hybridized carbons (Fsp3) is 0.533. The van der Waals surface area contributed by atoms with Crippen LogP contribution >= 0.6 is 38.6 Å². The van der Waals surface area contributed by atoms with Gasteiger partial charge in [-0.3, -0.25) is 0 Å². The molecular formula is C15H19BrN2S2. The molecule has 2 aromatic rings. The van der Waals surface area contributed by atoms with Crippen molar-refractivity contribution in [3.8, 4) is 0 Å². The van der Waals surface area contributed by atoms with Gasteiger partial charge in [-0.15, -0.1) is 22.7 Å². The molecule has 0 aromatic carbocycles. The normalized spacial score (nSPS) is 16.1. The van der Waals surface area contributed by atoms with Gasteiger partial charge >= 0.3 is 0 Å². The number of aromatic nitrogens is 1. The topological polar surface area (TPSA) is 24.9 Å². The number of thiazole rings is 1. The Labute approximate surface area is 136 Å². The number of nitrogens with one attached hydrogen (secondary N) is 1. The van der Waals surface area contributed by atoms with Gasteiger partial charge < -0.3 is 5.32 Å². The van der Waals surface area contributed by atoms with Crippen LogP contribution in [0.3, 0.4) is 0 Å². The summed E-state index contributed by atoms with van der Waals surface area (Å²) in [5, 5.41) is 4.91. The Hall–Kier alpha value is -0.230. The van der Waals surface area contributed by atoms with E-state index in [0.717, 1.165) is 13.0 Å².